The van der Waals surface area contributed by atoms with Crippen LogP contribution in [0.25, 0.3) is 21.5 Å². The number of fused-ring (bicyclic) bond motifs is 2. The third kappa shape index (κ3) is 2.08. The Morgan fingerprint density at radius 3 is 1.57 bits per heavy atom. The van der Waals surface area contributed by atoms with E-state index >= 15 is 0 Å². The van der Waals surface area contributed by atoms with Gasteiger partial charge in [-0.25, -0.2) is 0 Å². The normalized spacial score (nSPS) is 11.0. The first kappa shape index (κ1) is 13.5. The first-order chi connectivity index (χ1) is 11.3. The summed E-state index contributed by atoms with van der Waals surface area (Å²) in [7, 11) is 0. The molecule has 0 fully saturated rings. The Hall–Kier alpha value is -3.13. The lowest BCUT2D eigenvalue weighted by molar-refractivity contribution is 0.104. The zero-order chi connectivity index (χ0) is 15.8. The molecule has 0 amide bonds. The third-order valence-corrected chi connectivity index (χ3v) is 4.17. The summed E-state index contributed by atoms with van der Waals surface area (Å²) in [5.41, 5.74) is 1.29. The summed E-state index contributed by atoms with van der Waals surface area (Å²) in [6.45, 7) is 0. The largest absolute Gasteiger partial charge is 0.507 e. The minimum absolute atomic E-state index is 0.0296. The van der Waals surface area contributed by atoms with Gasteiger partial charge >= 0.3 is 0 Å². The molecule has 4 aromatic rings. The number of carbonyl (C=O) groups is 1. The van der Waals surface area contributed by atoms with Crippen LogP contribution in [-0.2, 0) is 0 Å². The molecule has 0 aliphatic carbocycles. The number of hydrogen-bond acceptors (Lipinski definition) is 2. The van der Waals surface area contributed by atoms with E-state index < -0.39 is 0 Å². The van der Waals surface area contributed by atoms with Crippen molar-refractivity contribution in [2.75, 3.05) is 0 Å². The maximum atomic E-state index is 13.1. The molecule has 0 atom stereocenters. The summed E-state index contributed by atoms with van der Waals surface area (Å²) in [4.78, 5) is 13.1. The van der Waals surface area contributed by atoms with Crippen molar-refractivity contribution in [2.24, 2.45) is 0 Å². The monoisotopic (exact) mass is 298 g/mol. The van der Waals surface area contributed by atoms with Gasteiger partial charge in [0.1, 0.15) is 5.75 Å². The molecule has 0 radical (unpaired) electrons. The van der Waals surface area contributed by atoms with E-state index in [0.717, 1.165) is 10.8 Å². The number of benzene rings is 4. The van der Waals surface area contributed by atoms with Crippen molar-refractivity contribution < 1.29 is 9.90 Å². The predicted octanol–water partition coefficient (Wildman–Crippen LogP) is 4.93. The Morgan fingerprint density at radius 1 is 0.609 bits per heavy atom. The zero-order valence-corrected chi connectivity index (χ0v) is 12.4. The van der Waals surface area contributed by atoms with Crippen molar-refractivity contribution in [2.45, 2.75) is 0 Å². The lowest BCUT2D eigenvalue weighted by Gasteiger charge is -2.13. The predicted molar refractivity (Wildman–Crippen MR) is 93.0 cm³/mol. The second kappa shape index (κ2) is 5.25. The lowest BCUT2D eigenvalue weighted by Crippen LogP contribution is -2.03. The van der Waals surface area contributed by atoms with Crippen LogP contribution in [0, 0.1) is 0 Å². The number of phenolic OH excluding ortho intramolecular Hbond substituents is 1. The number of ketones is 1. The molecule has 2 nitrogen and oxygen atoms in total. The van der Waals surface area contributed by atoms with Crippen molar-refractivity contribution in [1.29, 1.82) is 0 Å². The van der Waals surface area contributed by atoms with Crippen LogP contribution < -0.4 is 0 Å². The Labute approximate surface area is 133 Å². The fourth-order valence-corrected chi connectivity index (χ4v) is 3.08. The van der Waals surface area contributed by atoms with E-state index in [4.69, 9.17) is 0 Å². The topological polar surface area (TPSA) is 37.3 Å². The number of aromatic hydroxyl groups is 1. The molecule has 0 spiro atoms. The van der Waals surface area contributed by atoms with E-state index in [1.165, 1.54) is 0 Å². The highest BCUT2D eigenvalue weighted by Gasteiger charge is 2.19. The molecular formula is C21H14O2. The van der Waals surface area contributed by atoms with Gasteiger partial charge in [0, 0.05) is 21.9 Å². The standard InChI is InChI=1S/C21H14O2/c22-20(14-8-2-1-3-9-14)19-15-10-4-6-12-17(15)21(23)18-13-7-5-11-16(18)19/h1-13,23H. The fraction of sp³-hybridized carbons (Fsp3) is 0. The van der Waals surface area contributed by atoms with Gasteiger partial charge in [-0.1, -0.05) is 78.9 Å². The minimum Gasteiger partial charge on any atom is -0.507 e. The van der Waals surface area contributed by atoms with E-state index in [-0.39, 0.29) is 11.5 Å². The van der Waals surface area contributed by atoms with Gasteiger partial charge in [-0.3, -0.25) is 4.79 Å². The summed E-state index contributed by atoms with van der Waals surface area (Å²) in [5.74, 6) is 0.193. The molecule has 4 rings (SSSR count). The summed E-state index contributed by atoms with van der Waals surface area (Å²) < 4.78 is 0. The highest BCUT2D eigenvalue weighted by atomic mass is 16.3. The van der Waals surface area contributed by atoms with Gasteiger partial charge in [-0.05, 0) is 10.8 Å². The van der Waals surface area contributed by atoms with Crippen LogP contribution in [0.15, 0.2) is 78.9 Å². The first-order valence-corrected chi connectivity index (χ1v) is 7.49. The number of phenols is 1. The highest BCUT2D eigenvalue weighted by molar-refractivity contribution is 6.26. The van der Waals surface area contributed by atoms with Gasteiger partial charge in [0.25, 0.3) is 0 Å². The Balaban J connectivity index is 2.15. The molecule has 110 valence electrons. The van der Waals surface area contributed by atoms with Crippen molar-refractivity contribution >= 4 is 27.3 Å². The van der Waals surface area contributed by atoms with Crippen molar-refractivity contribution in [3.8, 4) is 5.75 Å². The summed E-state index contributed by atoms with van der Waals surface area (Å²) in [6, 6.07) is 24.2. The maximum absolute atomic E-state index is 13.1. The second-order valence-corrected chi connectivity index (χ2v) is 5.51. The second-order valence-electron chi connectivity index (χ2n) is 5.51. The SMILES string of the molecule is O=C(c1ccccc1)c1c2ccccc2c(O)c2ccccc12. The van der Waals surface area contributed by atoms with E-state index in [1.54, 1.807) is 0 Å². The van der Waals surface area contributed by atoms with Crippen molar-refractivity contribution in [3.05, 3.63) is 90.0 Å². The molecule has 2 heteroatoms. The van der Waals surface area contributed by atoms with Gasteiger partial charge < -0.3 is 5.11 Å². The van der Waals surface area contributed by atoms with E-state index in [0.29, 0.717) is 21.9 Å². The zero-order valence-electron chi connectivity index (χ0n) is 12.4. The Bertz CT molecular complexity index is 977. The van der Waals surface area contributed by atoms with Crippen molar-refractivity contribution in [1.82, 2.24) is 0 Å². The van der Waals surface area contributed by atoms with Crippen LogP contribution in [-0.4, -0.2) is 10.9 Å². The molecule has 4 aromatic carbocycles. The summed E-state index contributed by atoms with van der Waals surface area (Å²) in [6.07, 6.45) is 0. The van der Waals surface area contributed by atoms with Crippen LogP contribution in [0.3, 0.4) is 0 Å². The summed E-state index contributed by atoms with van der Waals surface area (Å²) >= 11 is 0. The number of carbonyl (C=O) groups excluding carboxylic acids is 1. The maximum Gasteiger partial charge on any atom is 0.194 e. The smallest absolute Gasteiger partial charge is 0.194 e. The van der Waals surface area contributed by atoms with E-state index in [9.17, 15) is 9.90 Å². The Kier molecular flexibility index (Phi) is 3.09. The summed E-state index contributed by atoms with van der Waals surface area (Å²) in [5, 5.41) is 13.5. The fourth-order valence-electron chi connectivity index (χ4n) is 3.08. The molecule has 0 bridgehead atoms. The van der Waals surface area contributed by atoms with E-state index in [1.807, 2.05) is 78.9 Å². The van der Waals surface area contributed by atoms with Crippen LogP contribution in [0.5, 0.6) is 5.75 Å². The van der Waals surface area contributed by atoms with Gasteiger partial charge in [0.05, 0.1) is 0 Å². The molecule has 23 heavy (non-hydrogen) atoms. The van der Waals surface area contributed by atoms with Gasteiger partial charge in [0.15, 0.2) is 5.78 Å². The van der Waals surface area contributed by atoms with Crippen molar-refractivity contribution in [3.63, 3.8) is 0 Å². The number of hydrogen-bond donors (Lipinski definition) is 1. The van der Waals surface area contributed by atoms with Crippen LogP contribution in [0.1, 0.15) is 15.9 Å². The lowest BCUT2D eigenvalue weighted by atomic mass is 9.91. The van der Waals surface area contributed by atoms with Gasteiger partial charge in [-0.15, -0.1) is 0 Å². The average Bonchev–Trinajstić information content (AvgIpc) is 2.63. The van der Waals surface area contributed by atoms with Gasteiger partial charge in [0.2, 0.25) is 0 Å². The molecule has 0 saturated carbocycles. The quantitative estimate of drug-likeness (QED) is 0.421. The molecule has 0 aliphatic rings. The molecule has 0 saturated heterocycles. The highest BCUT2D eigenvalue weighted by Crippen LogP contribution is 2.38. The molecule has 0 aromatic heterocycles. The third-order valence-electron chi connectivity index (χ3n) is 4.17. The average molecular weight is 298 g/mol. The van der Waals surface area contributed by atoms with Gasteiger partial charge in [-0.2, -0.15) is 0 Å². The first-order valence-electron chi connectivity index (χ1n) is 7.49. The van der Waals surface area contributed by atoms with Crippen LogP contribution in [0.2, 0.25) is 0 Å². The Morgan fingerprint density at radius 2 is 1.04 bits per heavy atom. The molecular weight excluding hydrogens is 284 g/mol. The molecule has 0 unspecified atom stereocenters. The van der Waals surface area contributed by atoms with Crippen LogP contribution >= 0.6 is 0 Å². The molecule has 0 heterocycles. The minimum atomic E-state index is -0.0296. The van der Waals surface area contributed by atoms with E-state index in [2.05, 4.69) is 0 Å². The number of rotatable bonds is 2. The van der Waals surface area contributed by atoms with Crippen LogP contribution in [0.4, 0.5) is 0 Å². The molecule has 1 N–H and O–H groups in total. The molecule has 0 aliphatic heterocycles.